The molecule has 0 aliphatic carbocycles. The SMILES string of the molecule is Cn1ncn(/C=C/S(=O)c2ccccc2)c1=O. The van der Waals surface area contributed by atoms with Gasteiger partial charge in [0.05, 0.1) is 10.8 Å². The second-order valence-electron chi connectivity index (χ2n) is 3.34. The lowest BCUT2D eigenvalue weighted by atomic mass is 10.4. The van der Waals surface area contributed by atoms with E-state index in [0.29, 0.717) is 4.90 Å². The van der Waals surface area contributed by atoms with Crippen molar-refractivity contribution >= 4 is 17.0 Å². The molecule has 0 N–H and O–H groups in total. The smallest absolute Gasteiger partial charge is 0.256 e. The van der Waals surface area contributed by atoms with Gasteiger partial charge in [0.25, 0.3) is 0 Å². The van der Waals surface area contributed by atoms with E-state index in [1.165, 1.54) is 27.2 Å². The molecule has 1 heterocycles. The van der Waals surface area contributed by atoms with Crippen molar-refractivity contribution < 1.29 is 4.21 Å². The predicted octanol–water partition coefficient (Wildman–Crippen LogP) is 0.818. The molecule has 0 amide bonds. The molecule has 1 aromatic carbocycles. The zero-order valence-corrected chi connectivity index (χ0v) is 10.0. The average molecular weight is 249 g/mol. The highest BCUT2D eigenvalue weighted by Crippen LogP contribution is 2.06. The van der Waals surface area contributed by atoms with E-state index < -0.39 is 10.8 Å². The van der Waals surface area contributed by atoms with Crippen LogP contribution in [-0.4, -0.2) is 18.6 Å². The summed E-state index contributed by atoms with van der Waals surface area (Å²) in [4.78, 5) is 12.1. The average Bonchev–Trinajstić information content (AvgIpc) is 2.68. The molecule has 0 fully saturated rings. The van der Waals surface area contributed by atoms with Gasteiger partial charge in [-0.05, 0) is 12.1 Å². The van der Waals surface area contributed by atoms with Crippen LogP contribution in [0.25, 0.3) is 6.20 Å². The number of aromatic nitrogens is 3. The van der Waals surface area contributed by atoms with Gasteiger partial charge in [-0.1, -0.05) is 18.2 Å². The topological polar surface area (TPSA) is 56.9 Å². The third-order valence-corrected chi connectivity index (χ3v) is 3.27. The molecule has 1 atom stereocenters. The van der Waals surface area contributed by atoms with Gasteiger partial charge in [-0.2, -0.15) is 5.10 Å². The number of benzene rings is 1. The summed E-state index contributed by atoms with van der Waals surface area (Å²) in [6, 6.07) is 9.03. The number of aryl methyl sites for hydroxylation is 1. The molecule has 5 nitrogen and oxygen atoms in total. The zero-order chi connectivity index (χ0) is 12.3. The second-order valence-corrected chi connectivity index (χ2v) is 4.68. The first-order chi connectivity index (χ1) is 8.18. The number of hydrogen-bond acceptors (Lipinski definition) is 3. The molecule has 1 aromatic heterocycles. The highest BCUT2D eigenvalue weighted by molar-refractivity contribution is 7.88. The lowest BCUT2D eigenvalue weighted by molar-refractivity contribution is 0.688. The molecule has 88 valence electrons. The fraction of sp³-hybridized carbons (Fsp3) is 0.0909. The highest BCUT2D eigenvalue weighted by Gasteiger charge is 1.99. The fourth-order valence-electron chi connectivity index (χ4n) is 1.26. The van der Waals surface area contributed by atoms with Crippen molar-refractivity contribution in [3.8, 4) is 0 Å². The van der Waals surface area contributed by atoms with Crippen LogP contribution < -0.4 is 5.69 Å². The quantitative estimate of drug-likeness (QED) is 0.809. The van der Waals surface area contributed by atoms with Gasteiger partial charge in [0.2, 0.25) is 0 Å². The summed E-state index contributed by atoms with van der Waals surface area (Å²) in [6.45, 7) is 0. The maximum Gasteiger partial charge on any atom is 0.349 e. The Labute approximate surface area is 100 Å². The van der Waals surface area contributed by atoms with Gasteiger partial charge in [-0.3, -0.25) is 4.57 Å². The lowest BCUT2D eigenvalue weighted by Crippen LogP contribution is -2.19. The molecule has 17 heavy (non-hydrogen) atoms. The molecule has 0 aliphatic heterocycles. The Hall–Kier alpha value is -1.95. The Morgan fingerprint density at radius 1 is 1.29 bits per heavy atom. The third-order valence-electron chi connectivity index (χ3n) is 2.17. The van der Waals surface area contributed by atoms with Crippen molar-refractivity contribution in [1.29, 1.82) is 0 Å². The van der Waals surface area contributed by atoms with Gasteiger partial charge in [-0.15, -0.1) is 0 Å². The van der Waals surface area contributed by atoms with Crippen LogP contribution in [0, 0.1) is 0 Å². The molecule has 2 aromatic rings. The van der Waals surface area contributed by atoms with E-state index in [0.717, 1.165) is 0 Å². The van der Waals surface area contributed by atoms with Crippen LogP contribution in [0.4, 0.5) is 0 Å². The Balaban J connectivity index is 2.20. The van der Waals surface area contributed by atoms with E-state index in [9.17, 15) is 9.00 Å². The first-order valence-corrected chi connectivity index (χ1v) is 6.14. The van der Waals surface area contributed by atoms with Gasteiger partial charge >= 0.3 is 5.69 Å². The summed E-state index contributed by atoms with van der Waals surface area (Å²) in [7, 11) is 0.296. The van der Waals surface area contributed by atoms with Gasteiger partial charge in [-0.25, -0.2) is 13.7 Å². The van der Waals surface area contributed by atoms with Crippen molar-refractivity contribution in [3.63, 3.8) is 0 Å². The monoisotopic (exact) mass is 249 g/mol. The van der Waals surface area contributed by atoms with Gasteiger partial charge in [0.15, 0.2) is 0 Å². The van der Waals surface area contributed by atoms with Crippen LogP contribution in [0.3, 0.4) is 0 Å². The van der Waals surface area contributed by atoms with Crippen LogP contribution >= 0.6 is 0 Å². The molecule has 0 aliphatic rings. The minimum absolute atomic E-state index is 0.272. The van der Waals surface area contributed by atoms with Crippen molar-refractivity contribution in [2.75, 3.05) is 0 Å². The molecule has 0 spiro atoms. The Bertz CT molecular complexity index is 613. The summed E-state index contributed by atoms with van der Waals surface area (Å²) in [5.74, 6) is 0. The summed E-state index contributed by atoms with van der Waals surface area (Å²) < 4.78 is 14.3. The van der Waals surface area contributed by atoms with Gasteiger partial charge < -0.3 is 0 Å². The van der Waals surface area contributed by atoms with E-state index in [1.807, 2.05) is 18.2 Å². The van der Waals surface area contributed by atoms with Crippen molar-refractivity contribution in [2.45, 2.75) is 4.90 Å². The highest BCUT2D eigenvalue weighted by atomic mass is 32.2. The lowest BCUT2D eigenvalue weighted by Gasteiger charge is -1.94. The van der Waals surface area contributed by atoms with Crippen LogP contribution in [-0.2, 0) is 17.8 Å². The largest absolute Gasteiger partial charge is 0.349 e. The summed E-state index contributed by atoms with van der Waals surface area (Å²) in [5.41, 5.74) is -0.272. The Morgan fingerprint density at radius 2 is 2.00 bits per heavy atom. The molecular weight excluding hydrogens is 238 g/mol. The Kier molecular flexibility index (Phi) is 3.34. The minimum Gasteiger partial charge on any atom is -0.256 e. The predicted molar refractivity (Wildman–Crippen MR) is 65.6 cm³/mol. The number of hydrogen-bond donors (Lipinski definition) is 0. The van der Waals surface area contributed by atoms with Crippen LogP contribution in [0.1, 0.15) is 0 Å². The van der Waals surface area contributed by atoms with E-state index in [4.69, 9.17) is 0 Å². The maximum absolute atomic E-state index is 11.8. The van der Waals surface area contributed by atoms with E-state index >= 15 is 0 Å². The van der Waals surface area contributed by atoms with E-state index in [-0.39, 0.29) is 5.69 Å². The molecule has 6 heteroatoms. The van der Waals surface area contributed by atoms with E-state index in [2.05, 4.69) is 5.10 Å². The van der Waals surface area contributed by atoms with Crippen LogP contribution in [0.5, 0.6) is 0 Å². The summed E-state index contributed by atoms with van der Waals surface area (Å²) in [6.07, 6.45) is 2.83. The van der Waals surface area contributed by atoms with Crippen LogP contribution in [0.2, 0.25) is 0 Å². The van der Waals surface area contributed by atoms with Gasteiger partial charge in [0.1, 0.15) is 6.33 Å². The molecular formula is C11H11N3O2S. The summed E-state index contributed by atoms with van der Waals surface area (Å²) >= 11 is 0. The van der Waals surface area contributed by atoms with Gasteiger partial charge in [0, 0.05) is 23.6 Å². The molecule has 0 radical (unpaired) electrons. The zero-order valence-electron chi connectivity index (χ0n) is 9.19. The number of rotatable bonds is 3. The Morgan fingerprint density at radius 3 is 2.59 bits per heavy atom. The first-order valence-electron chi connectivity index (χ1n) is 4.92. The third kappa shape index (κ3) is 2.59. The summed E-state index contributed by atoms with van der Waals surface area (Å²) in [5, 5.41) is 5.24. The maximum atomic E-state index is 11.8. The molecule has 1 unspecified atom stereocenters. The molecule has 2 rings (SSSR count). The normalized spacial score (nSPS) is 13.0. The number of nitrogens with zero attached hydrogens (tertiary/aromatic N) is 3. The van der Waals surface area contributed by atoms with Crippen molar-refractivity contribution in [1.82, 2.24) is 14.3 Å². The standard InChI is InChI=1S/C11H11N3O2S/c1-13-11(15)14(9-12-13)7-8-17(16)10-5-3-2-4-6-10/h2-9H,1H3/b8-7+. The second kappa shape index (κ2) is 4.92. The van der Waals surface area contributed by atoms with Crippen molar-refractivity contribution in [2.24, 2.45) is 7.05 Å². The first kappa shape index (κ1) is 11.5. The van der Waals surface area contributed by atoms with Crippen molar-refractivity contribution in [3.05, 3.63) is 52.6 Å². The van der Waals surface area contributed by atoms with Crippen LogP contribution in [0.15, 0.2) is 51.8 Å². The molecule has 0 saturated heterocycles. The minimum atomic E-state index is -1.26. The fourth-order valence-corrected chi connectivity index (χ4v) is 2.08. The molecule has 0 saturated carbocycles. The van der Waals surface area contributed by atoms with E-state index in [1.54, 1.807) is 19.2 Å². The molecule has 0 bridgehead atoms.